The summed E-state index contributed by atoms with van der Waals surface area (Å²) in [6.07, 6.45) is -3.59. The molecule has 1 aliphatic rings. The van der Waals surface area contributed by atoms with Crippen LogP contribution in [0.25, 0.3) is 0 Å². The Morgan fingerprint density at radius 3 is 2.20 bits per heavy atom. The molecule has 0 aromatic carbocycles. The molecule has 1 N–H and O–H groups in total. The summed E-state index contributed by atoms with van der Waals surface area (Å²) in [6.45, 7) is 1.33. The lowest BCUT2D eigenvalue weighted by molar-refractivity contribution is -0.186. The average molecular weight is 247 g/mol. The molecule has 0 unspecified atom stereocenters. The molecule has 7 heteroatoms. The van der Waals surface area contributed by atoms with Crippen molar-refractivity contribution >= 4 is 18.3 Å². The first-order chi connectivity index (χ1) is 6.43. The van der Waals surface area contributed by atoms with Gasteiger partial charge < -0.3 is 10.2 Å². The number of carbonyl (C=O) groups excluding carboxylic acids is 1. The van der Waals surface area contributed by atoms with Crippen LogP contribution in [0.15, 0.2) is 0 Å². The molecule has 3 nitrogen and oxygen atoms in total. The normalized spacial score (nSPS) is 18.1. The van der Waals surface area contributed by atoms with Crippen LogP contribution in [0.5, 0.6) is 0 Å². The minimum atomic E-state index is -4.75. The SMILES string of the molecule is CN(C(=O)C(F)(F)F)C1CCNCC1.Cl. The summed E-state index contributed by atoms with van der Waals surface area (Å²) in [7, 11) is 1.21. The standard InChI is InChI=1S/C8H13F3N2O.ClH/c1-13(7(14)8(9,10)11)6-2-4-12-5-3-6;/h6,12H,2-5H2,1H3;1H. The first-order valence-electron chi connectivity index (χ1n) is 4.47. The molecular weight excluding hydrogens is 233 g/mol. The van der Waals surface area contributed by atoms with E-state index in [0.29, 0.717) is 25.9 Å². The van der Waals surface area contributed by atoms with Gasteiger partial charge in [-0.25, -0.2) is 0 Å². The zero-order valence-corrected chi connectivity index (χ0v) is 9.12. The summed E-state index contributed by atoms with van der Waals surface area (Å²) in [4.78, 5) is 11.7. The van der Waals surface area contributed by atoms with Crippen molar-refractivity contribution in [3.8, 4) is 0 Å². The van der Waals surface area contributed by atoms with Crippen molar-refractivity contribution in [2.75, 3.05) is 20.1 Å². The first kappa shape index (κ1) is 14.5. The van der Waals surface area contributed by atoms with Gasteiger partial charge in [-0.05, 0) is 25.9 Å². The molecule has 90 valence electrons. The zero-order valence-electron chi connectivity index (χ0n) is 8.30. The van der Waals surface area contributed by atoms with Crippen molar-refractivity contribution < 1.29 is 18.0 Å². The molecule has 1 heterocycles. The third kappa shape index (κ3) is 3.87. The Hall–Kier alpha value is -0.490. The summed E-state index contributed by atoms with van der Waals surface area (Å²) in [5.41, 5.74) is 0. The van der Waals surface area contributed by atoms with E-state index in [1.54, 1.807) is 0 Å². The fourth-order valence-corrected chi connectivity index (χ4v) is 1.56. The Labute approximate surface area is 92.4 Å². The molecule has 0 bridgehead atoms. The number of hydrogen-bond acceptors (Lipinski definition) is 2. The van der Waals surface area contributed by atoms with E-state index in [0.717, 1.165) is 4.90 Å². The smallest absolute Gasteiger partial charge is 0.335 e. The molecule has 15 heavy (non-hydrogen) atoms. The van der Waals surface area contributed by atoms with Gasteiger partial charge in [0.05, 0.1) is 0 Å². The maximum Gasteiger partial charge on any atom is 0.471 e. The van der Waals surface area contributed by atoms with Crippen LogP contribution in [0.1, 0.15) is 12.8 Å². The van der Waals surface area contributed by atoms with Crippen LogP contribution in [0, 0.1) is 0 Å². The maximum atomic E-state index is 12.0. The minimum absolute atomic E-state index is 0. The van der Waals surface area contributed by atoms with Crippen molar-refractivity contribution in [3.63, 3.8) is 0 Å². The molecule has 0 saturated carbocycles. The average Bonchev–Trinajstić information content (AvgIpc) is 2.15. The van der Waals surface area contributed by atoms with Crippen molar-refractivity contribution in [1.29, 1.82) is 0 Å². The number of nitrogens with zero attached hydrogens (tertiary/aromatic N) is 1. The second-order valence-corrected chi connectivity index (χ2v) is 3.39. The minimum Gasteiger partial charge on any atom is -0.335 e. The summed E-state index contributed by atoms with van der Waals surface area (Å²) in [5.74, 6) is -1.75. The van der Waals surface area contributed by atoms with Crippen LogP contribution < -0.4 is 5.32 Å². The Morgan fingerprint density at radius 2 is 1.80 bits per heavy atom. The largest absolute Gasteiger partial charge is 0.471 e. The Morgan fingerprint density at radius 1 is 1.33 bits per heavy atom. The van der Waals surface area contributed by atoms with Crippen LogP contribution in [-0.4, -0.2) is 43.2 Å². The van der Waals surface area contributed by atoms with Gasteiger partial charge in [0.25, 0.3) is 0 Å². The fourth-order valence-electron chi connectivity index (χ4n) is 1.56. The lowest BCUT2D eigenvalue weighted by Gasteiger charge is -2.31. The number of carbonyl (C=O) groups is 1. The van der Waals surface area contributed by atoms with E-state index >= 15 is 0 Å². The lowest BCUT2D eigenvalue weighted by atomic mass is 10.1. The monoisotopic (exact) mass is 246 g/mol. The second-order valence-electron chi connectivity index (χ2n) is 3.39. The van der Waals surface area contributed by atoms with Gasteiger partial charge in [-0.2, -0.15) is 13.2 Å². The van der Waals surface area contributed by atoms with Crippen LogP contribution in [0.2, 0.25) is 0 Å². The van der Waals surface area contributed by atoms with E-state index in [-0.39, 0.29) is 18.4 Å². The number of rotatable bonds is 1. The van der Waals surface area contributed by atoms with Gasteiger partial charge >= 0.3 is 12.1 Å². The van der Waals surface area contributed by atoms with Crippen LogP contribution in [0.4, 0.5) is 13.2 Å². The molecule has 0 radical (unpaired) electrons. The molecule has 1 amide bonds. The summed E-state index contributed by atoms with van der Waals surface area (Å²) < 4.78 is 36.1. The third-order valence-electron chi connectivity index (χ3n) is 2.42. The van der Waals surface area contributed by atoms with Gasteiger partial charge in [0, 0.05) is 13.1 Å². The van der Waals surface area contributed by atoms with Crippen LogP contribution in [-0.2, 0) is 4.79 Å². The second kappa shape index (κ2) is 5.55. The van der Waals surface area contributed by atoms with Gasteiger partial charge in [-0.15, -0.1) is 12.4 Å². The third-order valence-corrected chi connectivity index (χ3v) is 2.42. The summed E-state index contributed by atoms with van der Waals surface area (Å²) in [5, 5.41) is 3.03. The Balaban J connectivity index is 0.00000196. The van der Waals surface area contributed by atoms with Crippen molar-refractivity contribution in [3.05, 3.63) is 0 Å². The predicted molar refractivity (Wildman–Crippen MR) is 52.0 cm³/mol. The zero-order chi connectivity index (χ0) is 10.8. The maximum absolute atomic E-state index is 12.0. The van der Waals surface area contributed by atoms with Gasteiger partial charge in [0.15, 0.2) is 0 Å². The Kier molecular flexibility index (Phi) is 5.37. The van der Waals surface area contributed by atoms with Gasteiger partial charge in [-0.1, -0.05) is 0 Å². The lowest BCUT2D eigenvalue weighted by Crippen LogP contribution is -2.48. The van der Waals surface area contributed by atoms with E-state index in [9.17, 15) is 18.0 Å². The summed E-state index contributed by atoms with van der Waals surface area (Å²) >= 11 is 0. The number of piperidine rings is 1. The fraction of sp³-hybridized carbons (Fsp3) is 0.875. The van der Waals surface area contributed by atoms with E-state index in [4.69, 9.17) is 0 Å². The molecule has 0 aromatic rings. The van der Waals surface area contributed by atoms with Crippen LogP contribution in [0.3, 0.4) is 0 Å². The van der Waals surface area contributed by atoms with Crippen molar-refractivity contribution in [2.24, 2.45) is 0 Å². The van der Waals surface area contributed by atoms with Crippen LogP contribution >= 0.6 is 12.4 Å². The molecule has 1 fully saturated rings. The highest BCUT2D eigenvalue weighted by atomic mass is 35.5. The van der Waals surface area contributed by atoms with Gasteiger partial charge in [-0.3, -0.25) is 4.79 Å². The number of hydrogen-bond donors (Lipinski definition) is 1. The van der Waals surface area contributed by atoms with Gasteiger partial charge in [0.1, 0.15) is 0 Å². The number of nitrogens with one attached hydrogen (secondary N) is 1. The molecule has 0 aliphatic carbocycles. The number of amides is 1. The van der Waals surface area contributed by atoms with E-state index in [2.05, 4.69) is 5.32 Å². The van der Waals surface area contributed by atoms with Crippen molar-refractivity contribution in [1.82, 2.24) is 10.2 Å². The van der Waals surface area contributed by atoms with E-state index < -0.39 is 12.1 Å². The Bertz CT molecular complexity index is 216. The molecule has 0 spiro atoms. The molecule has 0 aromatic heterocycles. The summed E-state index contributed by atoms with van der Waals surface area (Å²) in [6, 6.07) is -0.287. The predicted octanol–water partition coefficient (Wildman–Crippen LogP) is 1.18. The quantitative estimate of drug-likeness (QED) is 0.754. The van der Waals surface area contributed by atoms with Crippen molar-refractivity contribution in [2.45, 2.75) is 25.1 Å². The molecular formula is C8H14ClF3N2O. The molecule has 0 atom stereocenters. The molecule has 1 rings (SSSR count). The highest BCUT2D eigenvalue weighted by Crippen LogP contribution is 2.21. The number of halogens is 4. The highest BCUT2D eigenvalue weighted by Gasteiger charge is 2.43. The highest BCUT2D eigenvalue weighted by molar-refractivity contribution is 5.85. The first-order valence-corrected chi connectivity index (χ1v) is 4.47. The molecule has 1 aliphatic heterocycles. The number of alkyl halides is 3. The van der Waals surface area contributed by atoms with E-state index in [1.165, 1.54) is 7.05 Å². The molecule has 1 saturated heterocycles. The van der Waals surface area contributed by atoms with Gasteiger partial charge in [0.2, 0.25) is 0 Å². The topological polar surface area (TPSA) is 32.3 Å². The van der Waals surface area contributed by atoms with E-state index in [1.807, 2.05) is 0 Å².